The number of fused-ring (bicyclic) bond motifs is 4. The Morgan fingerprint density at radius 2 is 1.08 bits per heavy atom. The first-order valence-electron chi connectivity index (χ1n) is 30.1. The van der Waals surface area contributed by atoms with Crippen LogP contribution in [-0.2, 0) is 16.1 Å². The third kappa shape index (κ3) is 18.7. The smallest absolute Gasteiger partial charge is 0.662 e. The Kier molecular flexibility index (Phi) is 25.9. The molecular formula is C69H79BrKN15O3. The number of nitrogen functional groups attached to an aromatic ring is 1. The molecule has 11 aromatic rings. The molecule has 13 rings (SSSR count). The summed E-state index contributed by atoms with van der Waals surface area (Å²) < 4.78 is 5.24. The van der Waals surface area contributed by atoms with Crippen LogP contribution in [-0.4, -0.2) is 154 Å². The van der Waals surface area contributed by atoms with Crippen molar-refractivity contribution in [2.75, 3.05) is 77.7 Å². The quantitative estimate of drug-likeness (QED) is 0.0491. The minimum absolute atomic E-state index is 0. The van der Waals surface area contributed by atoms with E-state index in [0.717, 1.165) is 121 Å². The van der Waals surface area contributed by atoms with Crippen LogP contribution >= 0.6 is 15.9 Å². The van der Waals surface area contributed by atoms with Gasteiger partial charge in [-0.1, -0.05) is 42.5 Å². The fraction of sp³-hybridized carbons (Fsp3) is 0.304. The summed E-state index contributed by atoms with van der Waals surface area (Å²) in [4.78, 5) is 53.8. The monoisotopic (exact) mass is 1280 g/mol. The summed E-state index contributed by atoms with van der Waals surface area (Å²) in [5, 5.41) is 10.7. The Labute approximate surface area is 572 Å². The van der Waals surface area contributed by atoms with E-state index in [1.165, 1.54) is 63.3 Å². The van der Waals surface area contributed by atoms with Gasteiger partial charge in [0.1, 0.15) is 28.5 Å². The van der Waals surface area contributed by atoms with Crippen LogP contribution in [0.1, 0.15) is 51.1 Å². The van der Waals surface area contributed by atoms with E-state index in [-0.39, 0.29) is 57.9 Å². The summed E-state index contributed by atoms with van der Waals surface area (Å²) in [5.74, 6) is 0.572. The van der Waals surface area contributed by atoms with Crippen LogP contribution in [0.3, 0.4) is 0 Å². The summed E-state index contributed by atoms with van der Waals surface area (Å²) in [7, 11) is 0. The summed E-state index contributed by atoms with van der Waals surface area (Å²) in [6.07, 6.45) is 11.9. The van der Waals surface area contributed by atoms with Crippen LogP contribution < -0.4 is 68.1 Å². The molecule has 0 saturated carbocycles. The summed E-state index contributed by atoms with van der Waals surface area (Å²) in [5.41, 5.74) is 25.7. The van der Waals surface area contributed by atoms with Crippen molar-refractivity contribution >= 4 is 61.3 Å². The fourth-order valence-corrected chi connectivity index (χ4v) is 11.4. The zero-order valence-corrected chi connectivity index (χ0v) is 56.9. The minimum Gasteiger partial charge on any atom is -0.662 e. The molecule has 0 unspecified atom stereocenters. The van der Waals surface area contributed by atoms with Crippen LogP contribution in [0.4, 0.5) is 5.82 Å². The predicted molar refractivity (Wildman–Crippen MR) is 355 cm³/mol. The number of pyridine rings is 7. The van der Waals surface area contributed by atoms with Crippen molar-refractivity contribution in [2.24, 2.45) is 5.73 Å². The van der Waals surface area contributed by atoms with Gasteiger partial charge in [-0.15, -0.1) is 0 Å². The largest absolute Gasteiger partial charge is 1.00 e. The number of hydrogen-bond acceptors (Lipinski definition) is 16. The third-order valence-corrected chi connectivity index (χ3v) is 16.1. The molecule has 9 aromatic heterocycles. The van der Waals surface area contributed by atoms with E-state index in [9.17, 15) is 0 Å². The second-order valence-corrected chi connectivity index (χ2v) is 23.3. The number of nitrogens with two attached hydrogens (primary N) is 2. The Balaban J connectivity index is 0.000000173. The number of aromatic nitrogens is 9. The maximum Gasteiger partial charge on any atom is 1.00 e. The van der Waals surface area contributed by atoms with E-state index in [1.807, 2.05) is 111 Å². The number of carbonyl (C=O) groups is 1. The third-order valence-electron chi connectivity index (χ3n) is 15.6. The van der Waals surface area contributed by atoms with E-state index in [0.29, 0.717) is 17.9 Å². The number of benzene rings is 2. The second kappa shape index (κ2) is 33.9. The Bertz CT molecular complexity index is 4020. The molecule has 20 heteroatoms. The first kappa shape index (κ1) is 68.2. The summed E-state index contributed by atoms with van der Waals surface area (Å²) in [6, 6.07) is 48.3. The molecular weight excluding hydrogens is 1210 g/mol. The Hall–Kier alpha value is -6.76. The maximum atomic E-state index is 8.64. The van der Waals surface area contributed by atoms with Crippen molar-refractivity contribution in [2.45, 2.75) is 66.5 Å². The van der Waals surface area contributed by atoms with Crippen molar-refractivity contribution in [1.82, 2.24) is 63.3 Å². The summed E-state index contributed by atoms with van der Waals surface area (Å²) in [6.45, 7) is 25.5. The van der Waals surface area contributed by atoms with Crippen LogP contribution in [0.15, 0.2) is 175 Å². The molecule has 11 heterocycles. The van der Waals surface area contributed by atoms with E-state index in [1.54, 1.807) is 12.3 Å². The molecule has 0 atom stereocenters. The normalized spacial score (nSPS) is 13.8. The van der Waals surface area contributed by atoms with Crippen molar-refractivity contribution < 1.29 is 66.3 Å². The molecule has 2 fully saturated rings. The SMILES string of the molecule is CC(C)N1CCN(CCN)CC1.Cc1cccc(-c2nc3ccccn3c2-c2ccc3ncc(Br)cc3c2)n1.Cc1cccc(-c2nc3ccccn3c2-c2ccc3ncc(CCCN4CCN(C(C)C)CC4)cc3c2)n1.Nc1ccccn1.O=CO[O-].[K+]. The van der Waals surface area contributed by atoms with Crippen molar-refractivity contribution in [3.63, 3.8) is 0 Å². The minimum atomic E-state index is -0.181. The molecule has 0 radical (unpaired) electrons. The molecule has 2 aromatic carbocycles. The molecule has 18 nitrogen and oxygen atoms in total. The molecule has 2 aliphatic rings. The number of piperazine rings is 2. The second-order valence-electron chi connectivity index (χ2n) is 22.4. The van der Waals surface area contributed by atoms with Gasteiger partial charge < -0.3 is 26.5 Å². The number of imidazole rings is 2. The topological polar surface area (TPSA) is 213 Å². The summed E-state index contributed by atoms with van der Waals surface area (Å²) >= 11 is 3.51. The molecule has 0 aliphatic carbocycles. The number of hydrogen-bond donors (Lipinski definition) is 2. The van der Waals surface area contributed by atoms with Crippen LogP contribution in [0, 0.1) is 13.8 Å². The van der Waals surface area contributed by atoms with Gasteiger partial charge in [-0.3, -0.25) is 48.2 Å². The van der Waals surface area contributed by atoms with Crippen LogP contribution in [0.25, 0.3) is 78.4 Å². The molecule has 89 heavy (non-hydrogen) atoms. The van der Waals surface area contributed by atoms with Gasteiger partial charge in [-0.05, 0) is 179 Å². The van der Waals surface area contributed by atoms with Crippen molar-refractivity contribution in [3.05, 3.63) is 192 Å². The van der Waals surface area contributed by atoms with E-state index in [2.05, 4.69) is 148 Å². The molecule has 456 valence electrons. The van der Waals surface area contributed by atoms with Crippen molar-refractivity contribution in [3.8, 4) is 45.3 Å². The van der Waals surface area contributed by atoms with Gasteiger partial charge in [0.05, 0.1) is 33.8 Å². The zero-order chi connectivity index (χ0) is 61.9. The molecule has 0 bridgehead atoms. The average Bonchev–Trinajstić information content (AvgIpc) is 2.03. The van der Waals surface area contributed by atoms with Gasteiger partial charge in [0.25, 0.3) is 6.47 Å². The standard InChI is InChI=1S/C32H36N6.C22H15BrN4.C9H21N3.C5H6N2.CH2O3.K/c1-23(2)37-18-16-36(17-19-37)14-7-9-25-20-27-21-26(12-13-28(27)33-22-25)32-31(29-10-6-8-24(3)34-29)35-30-11-4-5-15-38(30)32;1-14-5-4-6-19(25-14)21-22(27-10-3-2-7-20(27)26-21)15-8-9-18-16(11-15)12-17(23)13-24-18;1-9(2)12-7-5-11(4-3-10)6-8-12;6-5-3-1-2-4-7-5;2-1-4-3;/h4-6,8,10-13,15,20-23H,7,9,14,16-19H2,1-3H3;2-13H,1H3;9H,3-8,10H2,1-2H3;1-4H,(H2,6,7);1,3H;/q;;;;;+1/p-1. The predicted octanol–water partition coefficient (Wildman–Crippen LogP) is 7.63. The fourth-order valence-electron chi connectivity index (χ4n) is 11.0. The number of carbonyl (C=O) groups excluding carboxylic acids is 1. The van der Waals surface area contributed by atoms with E-state index < -0.39 is 0 Å². The van der Waals surface area contributed by atoms with Crippen LogP contribution in [0.5, 0.6) is 0 Å². The van der Waals surface area contributed by atoms with Gasteiger partial charge in [0.15, 0.2) is 0 Å². The van der Waals surface area contributed by atoms with Crippen LogP contribution in [0.2, 0.25) is 0 Å². The van der Waals surface area contributed by atoms with Crippen molar-refractivity contribution in [1.29, 1.82) is 0 Å². The average molecular weight is 1290 g/mol. The molecule has 0 spiro atoms. The van der Waals surface area contributed by atoms with Gasteiger partial charge in [0, 0.05) is 146 Å². The Morgan fingerprint density at radius 1 is 0.584 bits per heavy atom. The first-order valence-corrected chi connectivity index (χ1v) is 30.9. The van der Waals surface area contributed by atoms with E-state index >= 15 is 0 Å². The van der Waals surface area contributed by atoms with Gasteiger partial charge in [-0.25, -0.2) is 15.0 Å². The van der Waals surface area contributed by atoms with E-state index in [4.69, 9.17) is 46.4 Å². The number of nitrogens with zero attached hydrogens (tertiary/aromatic N) is 13. The zero-order valence-electron chi connectivity index (χ0n) is 52.2. The number of aryl methyl sites for hydroxylation is 3. The first-order chi connectivity index (χ1) is 42.8. The molecule has 2 saturated heterocycles. The molecule has 4 N–H and O–H groups in total. The maximum absolute atomic E-state index is 8.64. The van der Waals surface area contributed by atoms with Gasteiger partial charge in [-0.2, -0.15) is 0 Å². The molecule has 0 amide bonds. The Morgan fingerprint density at radius 3 is 1.53 bits per heavy atom. The van der Waals surface area contributed by atoms with Gasteiger partial charge >= 0.3 is 51.4 Å². The number of rotatable bonds is 13. The molecule has 2 aliphatic heterocycles. The number of halogens is 1. The number of anilines is 1. The van der Waals surface area contributed by atoms with Gasteiger partial charge in [0.2, 0.25) is 0 Å².